The molecule has 1 unspecified atom stereocenters. The molecular formula is C23H26N2O8. The van der Waals surface area contributed by atoms with Crippen LogP contribution in [0.2, 0.25) is 0 Å². The fraction of sp³-hybridized carbons (Fsp3) is 0.522. The molecule has 1 aromatic rings. The van der Waals surface area contributed by atoms with Crippen LogP contribution in [0.1, 0.15) is 69.2 Å². The molecule has 1 saturated heterocycles. The largest absolute Gasteiger partial charge is 0.422 e. The number of esters is 2. The fourth-order valence-electron chi connectivity index (χ4n) is 4.70. The van der Waals surface area contributed by atoms with Gasteiger partial charge in [-0.3, -0.25) is 24.5 Å². The molecule has 1 aromatic carbocycles. The number of nitrogens with zero attached hydrogens (tertiary/aromatic N) is 2. The van der Waals surface area contributed by atoms with Crippen molar-refractivity contribution in [1.29, 1.82) is 0 Å². The third kappa shape index (κ3) is 5.64. The minimum atomic E-state index is -0.860. The van der Waals surface area contributed by atoms with Crippen LogP contribution >= 0.6 is 0 Å². The van der Waals surface area contributed by atoms with Gasteiger partial charge in [0.15, 0.2) is 5.75 Å². The number of hydrogen-bond acceptors (Lipinski definition) is 8. The van der Waals surface area contributed by atoms with Gasteiger partial charge in [-0.2, -0.15) is 0 Å². The number of rotatable bonds is 5. The molecule has 0 bridgehead atoms. The summed E-state index contributed by atoms with van der Waals surface area (Å²) in [6.07, 6.45) is 6.91. The van der Waals surface area contributed by atoms with Crippen molar-refractivity contribution in [3.8, 4) is 11.5 Å². The highest BCUT2D eigenvalue weighted by molar-refractivity contribution is 5.98. The summed E-state index contributed by atoms with van der Waals surface area (Å²) in [5.41, 5.74) is -0.665. The quantitative estimate of drug-likeness (QED) is 0.215. The van der Waals surface area contributed by atoms with Crippen LogP contribution in [0.15, 0.2) is 17.8 Å². The van der Waals surface area contributed by atoms with Crippen LogP contribution in [0.3, 0.4) is 0 Å². The first-order valence-electron chi connectivity index (χ1n) is 11.0. The number of likely N-dealkylation sites (tertiary alicyclic amines) is 1. The van der Waals surface area contributed by atoms with E-state index in [1.165, 1.54) is 24.2 Å². The van der Waals surface area contributed by atoms with Gasteiger partial charge in [-0.15, -0.1) is 0 Å². The molecule has 10 nitrogen and oxygen atoms in total. The molecule has 1 atom stereocenters. The monoisotopic (exact) mass is 458 g/mol. The van der Waals surface area contributed by atoms with Crippen LogP contribution < -0.4 is 9.47 Å². The lowest BCUT2D eigenvalue weighted by molar-refractivity contribution is -0.385. The first-order chi connectivity index (χ1) is 15.7. The van der Waals surface area contributed by atoms with Crippen LogP contribution in [0.4, 0.5) is 5.69 Å². The van der Waals surface area contributed by atoms with E-state index in [1.54, 1.807) is 0 Å². The van der Waals surface area contributed by atoms with Crippen molar-refractivity contribution >= 4 is 29.5 Å². The van der Waals surface area contributed by atoms with Gasteiger partial charge in [0, 0.05) is 32.9 Å². The molecule has 0 spiro atoms. The summed E-state index contributed by atoms with van der Waals surface area (Å²) in [6, 6.07) is 2.05. The van der Waals surface area contributed by atoms with Gasteiger partial charge in [-0.25, -0.2) is 4.79 Å². The fourth-order valence-corrected chi connectivity index (χ4v) is 4.70. The zero-order valence-corrected chi connectivity index (χ0v) is 18.6. The standard InChI is InChI=1S/C23H26N2O8/c1-14(27)32-21-12-18(11-20(25(30)31)22(21)33-15(2)28)23(29)24-9-8-17(10-19(24)13-26)16-6-4-3-5-7-16/h11-12,16-17H,3-10H2,1-2H3. The van der Waals surface area contributed by atoms with Crippen LogP contribution in [0.5, 0.6) is 11.5 Å². The number of carbonyl (C=O) groups excluding carboxylic acids is 4. The zero-order chi connectivity index (χ0) is 24.1. The molecule has 0 radical (unpaired) electrons. The number of benzene rings is 1. The maximum Gasteiger partial charge on any atom is 0.316 e. The number of nitro groups is 1. The number of ether oxygens (including phenoxy) is 2. The van der Waals surface area contributed by atoms with Crippen molar-refractivity contribution in [2.45, 2.75) is 58.8 Å². The van der Waals surface area contributed by atoms with Gasteiger partial charge >= 0.3 is 17.6 Å². The van der Waals surface area contributed by atoms with Crippen molar-refractivity contribution in [1.82, 2.24) is 4.90 Å². The van der Waals surface area contributed by atoms with E-state index in [1.807, 2.05) is 5.94 Å². The molecule has 3 rings (SSSR count). The van der Waals surface area contributed by atoms with E-state index < -0.39 is 40.0 Å². The van der Waals surface area contributed by atoms with E-state index in [0.29, 0.717) is 24.7 Å². The van der Waals surface area contributed by atoms with Crippen LogP contribution in [0.25, 0.3) is 0 Å². The molecule has 0 N–H and O–H groups in total. The van der Waals surface area contributed by atoms with Crippen LogP contribution in [-0.4, -0.2) is 40.2 Å². The summed E-state index contributed by atoms with van der Waals surface area (Å²) >= 11 is 0. The first-order valence-corrected chi connectivity index (χ1v) is 11.0. The molecular weight excluding hydrogens is 432 g/mol. The molecule has 2 aliphatic rings. The van der Waals surface area contributed by atoms with Gasteiger partial charge in [0.1, 0.15) is 11.6 Å². The normalized spacial score (nSPS) is 18.9. The minimum Gasteiger partial charge on any atom is -0.422 e. The van der Waals surface area contributed by atoms with Gasteiger partial charge in [-0.1, -0.05) is 32.1 Å². The number of piperidine rings is 1. The Morgan fingerprint density at radius 2 is 1.70 bits per heavy atom. The molecule has 33 heavy (non-hydrogen) atoms. The minimum absolute atomic E-state index is 0.169. The molecule has 176 valence electrons. The summed E-state index contributed by atoms with van der Waals surface area (Å²) in [7, 11) is 0. The van der Waals surface area contributed by atoms with Crippen molar-refractivity contribution < 1.29 is 33.6 Å². The first kappa shape index (κ1) is 24.1. The van der Waals surface area contributed by atoms with Crippen molar-refractivity contribution in [2.75, 3.05) is 6.54 Å². The lowest BCUT2D eigenvalue weighted by Gasteiger charge is -2.37. The zero-order valence-electron chi connectivity index (χ0n) is 18.6. The SMILES string of the molecule is CC(=O)Oc1cc(C(=O)N2CCC(C3CCCCC3)CC2=C=O)cc([N+](=O)[O-])c1OC(C)=O. The van der Waals surface area contributed by atoms with Crippen molar-refractivity contribution in [3.05, 3.63) is 33.5 Å². The second-order valence-corrected chi connectivity index (χ2v) is 8.42. The lowest BCUT2D eigenvalue weighted by Crippen LogP contribution is -2.39. The predicted molar refractivity (Wildman–Crippen MR) is 115 cm³/mol. The Morgan fingerprint density at radius 1 is 1.03 bits per heavy atom. The van der Waals surface area contributed by atoms with E-state index in [9.17, 15) is 29.3 Å². The Balaban J connectivity index is 1.93. The maximum atomic E-state index is 13.3. The van der Waals surface area contributed by atoms with Gasteiger partial charge < -0.3 is 14.4 Å². The Bertz CT molecular complexity index is 1020. The summed E-state index contributed by atoms with van der Waals surface area (Å²) in [6.45, 7) is 2.39. The van der Waals surface area contributed by atoms with Gasteiger partial charge in [0.2, 0.25) is 0 Å². The molecule has 1 saturated carbocycles. The Morgan fingerprint density at radius 3 is 2.27 bits per heavy atom. The van der Waals surface area contributed by atoms with Gasteiger partial charge in [0.25, 0.3) is 11.7 Å². The molecule has 2 fully saturated rings. The highest BCUT2D eigenvalue weighted by Gasteiger charge is 2.35. The Hall–Kier alpha value is -3.52. The number of nitro benzene ring substituents is 1. The van der Waals surface area contributed by atoms with E-state index in [-0.39, 0.29) is 17.8 Å². The second kappa shape index (κ2) is 10.4. The molecule has 0 aromatic heterocycles. The molecule has 10 heteroatoms. The van der Waals surface area contributed by atoms with Crippen molar-refractivity contribution in [3.63, 3.8) is 0 Å². The molecule has 1 aliphatic heterocycles. The van der Waals surface area contributed by atoms with E-state index in [2.05, 4.69) is 0 Å². The summed E-state index contributed by atoms with van der Waals surface area (Å²) in [4.78, 5) is 60.0. The highest BCUT2D eigenvalue weighted by atomic mass is 16.6. The van der Waals surface area contributed by atoms with E-state index in [0.717, 1.165) is 38.8 Å². The number of amides is 1. The third-order valence-electron chi connectivity index (χ3n) is 6.16. The Labute approximate surface area is 190 Å². The molecule has 1 amide bonds. The number of carbonyl (C=O) groups is 3. The average Bonchev–Trinajstić information content (AvgIpc) is 2.78. The molecule has 1 aliphatic carbocycles. The van der Waals surface area contributed by atoms with Crippen LogP contribution in [0, 0.1) is 22.0 Å². The topological polar surface area (TPSA) is 133 Å². The highest BCUT2D eigenvalue weighted by Crippen LogP contribution is 2.41. The van der Waals surface area contributed by atoms with Crippen LogP contribution in [-0.2, 0) is 14.4 Å². The van der Waals surface area contributed by atoms with Gasteiger partial charge in [0.05, 0.1) is 10.5 Å². The average molecular weight is 458 g/mol. The third-order valence-corrected chi connectivity index (χ3v) is 6.16. The summed E-state index contributed by atoms with van der Waals surface area (Å²) < 4.78 is 9.88. The van der Waals surface area contributed by atoms with Gasteiger partial charge in [-0.05, 0) is 24.3 Å². The molecule has 1 heterocycles. The Kier molecular flexibility index (Phi) is 7.60. The lowest BCUT2D eigenvalue weighted by atomic mass is 9.75. The summed E-state index contributed by atoms with van der Waals surface area (Å²) in [5.74, 6) is -0.636. The second-order valence-electron chi connectivity index (χ2n) is 8.42. The number of hydrogen-bond donors (Lipinski definition) is 0. The number of allylic oxidation sites excluding steroid dienone is 1. The predicted octanol–water partition coefficient (Wildman–Crippen LogP) is 3.59. The van der Waals surface area contributed by atoms with Crippen molar-refractivity contribution in [2.24, 2.45) is 11.8 Å². The van der Waals surface area contributed by atoms with E-state index in [4.69, 9.17) is 9.47 Å². The maximum absolute atomic E-state index is 13.3. The summed E-state index contributed by atoms with van der Waals surface area (Å²) in [5, 5.41) is 11.6. The smallest absolute Gasteiger partial charge is 0.316 e. The van der Waals surface area contributed by atoms with E-state index >= 15 is 0 Å².